The maximum Gasteiger partial charge on any atom is 0.200 e. The van der Waals surface area contributed by atoms with E-state index in [1.54, 1.807) is 12.1 Å². The molecule has 3 N–H and O–H groups in total. The number of aliphatic hydroxyl groups is 1. The quantitative estimate of drug-likeness (QED) is 0.720. The summed E-state index contributed by atoms with van der Waals surface area (Å²) in [6, 6.07) is 3.50. The smallest absolute Gasteiger partial charge is 0.200 e. The molecule has 0 aliphatic heterocycles. The molecule has 1 rings (SSSR count). The Morgan fingerprint density at radius 2 is 1.67 bits per heavy atom. The van der Waals surface area contributed by atoms with E-state index < -0.39 is 0 Å². The Hall–Kier alpha value is -1.46. The van der Waals surface area contributed by atoms with Gasteiger partial charge in [-0.1, -0.05) is 20.8 Å². The summed E-state index contributed by atoms with van der Waals surface area (Å²) >= 11 is 0. The highest BCUT2D eigenvalue weighted by Crippen LogP contribution is 2.37. The van der Waals surface area contributed by atoms with E-state index in [2.05, 4.69) is 26.1 Å². The Bertz CT molecular complexity index is 429. The van der Waals surface area contributed by atoms with Crippen LogP contribution < -0.4 is 14.8 Å². The predicted octanol–water partition coefficient (Wildman–Crippen LogP) is 2.30. The van der Waals surface area contributed by atoms with Crippen LogP contribution in [0.1, 0.15) is 32.8 Å². The van der Waals surface area contributed by atoms with Crippen LogP contribution in [0.4, 0.5) is 0 Å². The first-order valence-electron chi connectivity index (χ1n) is 7.09. The second-order valence-corrected chi connectivity index (χ2v) is 6.40. The fraction of sp³-hybridized carbons (Fsp3) is 0.625. The van der Waals surface area contributed by atoms with Crippen molar-refractivity contribution in [3.05, 3.63) is 17.7 Å². The monoisotopic (exact) mass is 297 g/mol. The maximum atomic E-state index is 9.96. The van der Waals surface area contributed by atoms with Crippen molar-refractivity contribution in [3.8, 4) is 17.2 Å². The number of ether oxygens (including phenoxy) is 2. The van der Waals surface area contributed by atoms with Gasteiger partial charge in [-0.3, -0.25) is 0 Å². The Kier molecular flexibility index (Phi) is 6.30. The van der Waals surface area contributed by atoms with Gasteiger partial charge in [0.25, 0.3) is 0 Å². The lowest BCUT2D eigenvalue weighted by molar-refractivity contribution is 0.119. The summed E-state index contributed by atoms with van der Waals surface area (Å²) in [7, 11) is 3.00. The molecule has 0 bridgehead atoms. The topological polar surface area (TPSA) is 71.0 Å². The molecule has 21 heavy (non-hydrogen) atoms. The van der Waals surface area contributed by atoms with Crippen molar-refractivity contribution >= 4 is 0 Å². The molecule has 0 spiro atoms. The minimum atomic E-state index is -0.383. The third kappa shape index (κ3) is 5.81. The van der Waals surface area contributed by atoms with Gasteiger partial charge in [-0.15, -0.1) is 0 Å². The molecule has 0 fully saturated rings. The molecule has 0 radical (unpaired) electrons. The summed E-state index contributed by atoms with van der Waals surface area (Å²) in [6.07, 6.45) is 0.355. The lowest BCUT2D eigenvalue weighted by Gasteiger charge is -2.22. The highest BCUT2D eigenvalue weighted by atomic mass is 16.5. The first-order valence-corrected chi connectivity index (χ1v) is 7.09. The van der Waals surface area contributed by atoms with Crippen molar-refractivity contribution in [3.63, 3.8) is 0 Å². The number of methoxy groups -OCH3 is 2. The van der Waals surface area contributed by atoms with Crippen LogP contribution in [0.25, 0.3) is 0 Å². The minimum absolute atomic E-state index is 0.00322. The van der Waals surface area contributed by atoms with Crippen molar-refractivity contribution in [1.29, 1.82) is 0 Å². The summed E-state index contributed by atoms with van der Waals surface area (Å²) in [6.45, 7) is 7.39. The predicted molar refractivity (Wildman–Crippen MR) is 83.0 cm³/mol. The van der Waals surface area contributed by atoms with Crippen LogP contribution in [-0.2, 0) is 6.54 Å². The number of aromatic hydroxyl groups is 1. The number of phenols is 1. The largest absolute Gasteiger partial charge is 0.502 e. The Balaban J connectivity index is 2.60. The van der Waals surface area contributed by atoms with Crippen LogP contribution in [0.2, 0.25) is 0 Å². The number of aliphatic hydroxyl groups excluding tert-OH is 1. The number of hydrogen-bond acceptors (Lipinski definition) is 5. The van der Waals surface area contributed by atoms with Crippen LogP contribution in [0, 0.1) is 5.41 Å². The normalized spacial score (nSPS) is 13.0. The molecular weight excluding hydrogens is 270 g/mol. The SMILES string of the molecule is COc1cc(CNCC(O)CC(C)(C)C)cc(OC)c1O. The molecule has 0 aromatic heterocycles. The van der Waals surface area contributed by atoms with Crippen molar-refractivity contribution in [2.24, 2.45) is 5.41 Å². The molecule has 5 nitrogen and oxygen atoms in total. The molecule has 0 saturated carbocycles. The van der Waals surface area contributed by atoms with E-state index in [0.717, 1.165) is 12.0 Å². The van der Waals surface area contributed by atoms with Gasteiger partial charge in [0.1, 0.15) is 0 Å². The first kappa shape index (κ1) is 17.6. The molecule has 0 aliphatic rings. The van der Waals surface area contributed by atoms with E-state index in [4.69, 9.17) is 9.47 Å². The highest BCUT2D eigenvalue weighted by molar-refractivity contribution is 5.52. The van der Waals surface area contributed by atoms with Gasteiger partial charge in [-0.25, -0.2) is 0 Å². The Labute approximate surface area is 126 Å². The summed E-state index contributed by atoms with van der Waals surface area (Å²) in [5.74, 6) is 0.749. The highest BCUT2D eigenvalue weighted by Gasteiger charge is 2.16. The molecule has 1 aromatic carbocycles. The second-order valence-electron chi connectivity index (χ2n) is 6.40. The maximum absolute atomic E-state index is 9.96. The van der Waals surface area contributed by atoms with Gasteiger partial charge in [0.2, 0.25) is 5.75 Å². The zero-order valence-corrected chi connectivity index (χ0v) is 13.6. The first-order chi connectivity index (χ1) is 9.76. The van der Waals surface area contributed by atoms with Crippen LogP contribution >= 0.6 is 0 Å². The van der Waals surface area contributed by atoms with Gasteiger partial charge < -0.3 is 25.0 Å². The van der Waals surface area contributed by atoms with Crippen molar-refractivity contribution in [2.75, 3.05) is 20.8 Å². The van der Waals surface area contributed by atoms with Crippen LogP contribution in [-0.4, -0.2) is 37.1 Å². The van der Waals surface area contributed by atoms with Gasteiger partial charge in [0.05, 0.1) is 20.3 Å². The molecule has 5 heteroatoms. The van der Waals surface area contributed by atoms with Crippen molar-refractivity contribution in [1.82, 2.24) is 5.32 Å². The minimum Gasteiger partial charge on any atom is -0.502 e. The second kappa shape index (κ2) is 7.52. The molecule has 1 unspecified atom stereocenters. The lowest BCUT2D eigenvalue weighted by Crippen LogP contribution is -2.29. The van der Waals surface area contributed by atoms with Crippen molar-refractivity contribution < 1.29 is 19.7 Å². The molecule has 0 aliphatic carbocycles. The van der Waals surface area contributed by atoms with E-state index >= 15 is 0 Å². The van der Waals surface area contributed by atoms with Gasteiger partial charge >= 0.3 is 0 Å². The lowest BCUT2D eigenvalue weighted by atomic mass is 9.89. The molecule has 1 atom stereocenters. The summed E-state index contributed by atoms with van der Waals surface area (Å²) in [5, 5.41) is 23.0. The molecule has 0 amide bonds. The third-order valence-corrected chi connectivity index (χ3v) is 3.10. The average molecular weight is 297 g/mol. The van der Waals surface area contributed by atoms with E-state index in [9.17, 15) is 10.2 Å². The molecule has 1 aromatic rings. The average Bonchev–Trinajstić information content (AvgIpc) is 2.38. The number of nitrogens with one attached hydrogen (secondary N) is 1. The Morgan fingerprint density at radius 3 is 2.10 bits per heavy atom. The number of benzene rings is 1. The number of phenolic OH excluding ortho intramolecular Hbond substituents is 1. The molecule has 0 saturated heterocycles. The van der Waals surface area contributed by atoms with E-state index in [0.29, 0.717) is 24.6 Å². The van der Waals surface area contributed by atoms with Gasteiger partial charge in [-0.05, 0) is 29.5 Å². The molecular formula is C16H27NO4. The number of hydrogen-bond donors (Lipinski definition) is 3. The summed E-state index contributed by atoms with van der Waals surface area (Å²) in [5.41, 5.74) is 1.02. The zero-order valence-electron chi connectivity index (χ0n) is 13.6. The molecule has 0 heterocycles. The van der Waals surface area contributed by atoms with Gasteiger partial charge in [0, 0.05) is 13.1 Å². The van der Waals surface area contributed by atoms with Crippen molar-refractivity contribution in [2.45, 2.75) is 39.8 Å². The Morgan fingerprint density at radius 1 is 1.14 bits per heavy atom. The van der Waals surface area contributed by atoms with Crippen LogP contribution in [0.15, 0.2) is 12.1 Å². The summed E-state index contributed by atoms with van der Waals surface area (Å²) < 4.78 is 10.2. The van der Waals surface area contributed by atoms with Crippen LogP contribution in [0.3, 0.4) is 0 Å². The summed E-state index contributed by atoms with van der Waals surface area (Å²) in [4.78, 5) is 0. The van der Waals surface area contributed by atoms with Gasteiger partial charge in [0.15, 0.2) is 11.5 Å². The fourth-order valence-electron chi connectivity index (χ4n) is 2.21. The van der Waals surface area contributed by atoms with E-state index in [-0.39, 0.29) is 17.3 Å². The fourth-order valence-corrected chi connectivity index (χ4v) is 2.21. The zero-order chi connectivity index (χ0) is 16.0. The van der Waals surface area contributed by atoms with E-state index in [1.165, 1.54) is 14.2 Å². The standard InChI is InChI=1S/C16H27NO4/c1-16(2,3)8-12(18)10-17-9-11-6-13(20-4)15(19)14(7-11)21-5/h6-7,12,17-19H,8-10H2,1-5H3. The van der Waals surface area contributed by atoms with Gasteiger partial charge in [-0.2, -0.15) is 0 Å². The third-order valence-electron chi connectivity index (χ3n) is 3.10. The van der Waals surface area contributed by atoms with E-state index in [1.807, 2.05) is 0 Å². The number of rotatable bonds is 7. The van der Waals surface area contributed by atoms with Crippen LogP contribution in [0.5, 0.6) is 17.2 Å². The molecule has 120 valence electrons.